The molecule has 1 aliphatic rings. The van der Waals surface area contributed by atoms with Crippen molar-refractivity contribution in [3.63, 3.8) is 0 Å². The van der Waals surface area contributed by atoms with E-state index >= 15 is 0 Å². The Balaban J connectivity index is 1.69. The van der Waals surface area contributed by atoms with Gasteiger partial charge in [-0.1, -0.05) is 18.2 Å². The van der Waals surface area contributed by atoms with Crippen LogP contribution in [0.1, 0.15) is 44.9 Å². The van der Waals surface area contributed by atoms with Crippen LogP contribution in [0.4, 0.5) is 0 Å². The quantitative estimate of drug-likeness (QED) is 0.142. The number of halogens is 2. The van der Waals surface area contributed by atoms with Gasteiger partial charge in [-0.2, -0.15) is 5.10 Å². The molecule has 0 radical (unpaired) electrons. The lowest BCUT2D eigenvalue weighted by Gasteiger charge is -2.30. The van der Waals surface area contributed by atoms with Gasteiger partial charge >= 0.3 is 5.97 Å². The maximum absolute atomic E-state index is 12.7. The fourth-order valence-corrected chi connectivity index (χ4v) is 5.29. The summed E-state index contributed by atoms with van der Waals surface area (Å²) in [7, 11) is 0. The van der Waals surface area contributed by atoms with E-state index in [1.54, 1.807) is 32.0 Å². The standard InChI is InChI=1S/C26H28Br2N4O5S/c1-5-35-25(34)22-15(4)30-26(38)31-23(22)17-8-6-7-9-20(17)36-13-21(33)32-29-12-16-10-18(27)24(19(28)11-16)37-14(2)3/h6-12,14,23H,5,13H2,1-4H3,(H,32,33)(H2,30,31,38)/t23-/m0/s1. The first kappa shape index (κ1) is 29.6. The molecule has 2 aromatic rings. The number of thiocarbonyl (C=S) groups is 1. The van der Waals surface area contributed by atoms with Crippen molar-refractivity contribution in [2.75, 3.05) is 13.2 Å². The van der Waals surface area contributed by atoms with Gasteiger partial charge < -0.3 is 24.8 Å². The summed E-state index contributed by atoms with van der Waals surface area (Å²) in [6, 6.07) is 10.1. The van der Waals surface area contributed by atoms with E-state index < -0.39 is 17.9 Å². The summed E-state index contributed by atoms with van der Waals surface area (Å²) < 4.78 is 18.3. The van der Waals surface area contributed by atoms with E-state index in [1.807, 2.05) is 32.0 Å². The molecule has 3 rings (SSSR count). The number of benzene rings is 2. The Morgan fingerprint density at radius 2 is 1.89 bits per heavy atom. The topological polar surface area (TPSA) is 110 Å². The zero-order valence-corrected chi connectivity index (χ0v) is 25.3. The number of hydrogen-bond donors (Lipinski definition) is 3. The van der Waals surface area contributed by atoms with E-state index in [0.29, 0.717) is 33.4 Å². The highest BCUT2D eigenvalue weighted by Gasteiger charge is 2.32. The number of amides is 1. The molecule has 202 valence electrons. The Labute approximate surface area is 243 Å². The summed E-state index contributed by atoms with van der Waals surface area (Å²) in [6.45, 7) is 7.32. The third kappa shape index (κ3) is 7.78. The highest BCUT2D eigenvalue weighted by atomic mass is 79.9. The average molecular weight is 668 g/mol. The molecule has 3 N–H and O–H groups in total. The number of allylic oxidation sites excluding steroid dienone is 1. The van der Waals surface area contributed by atoms with Crippen LogP contribution in [0.15, 0.2) is 61.7 Å². The predicted octanol–water partition coefficient (Wildman–Crippen LogP) is 4.88. The molecule has 1 amide bonds. The molecule has 12 heteroatoms. The van der Waals surface area contributed by atoms with E-state index in [-0.39, 0.29) is 19.3 Å². The number of carbonyl (C=O) groups is 2. The SMILES string of the molecule is CCOC(=O)C1=C(C)NC(=S)N[C@H]1c1ccccc1OCC(=O)NN=Cc1cc(Br)c(OC(C)C)c(Br)c1. The smallest absolute Gasteiger partial charge is 0.338 e. The van der Waals surface area contributed by atoms with Crippen molar-refractivity contribution in [2.45, 2.75) is 39.8 Å². The Bertz CT molecular complexity index is 1260. The van der Waals surface area contributed by atoms with Gasteiger partial charge in [0, 0.05) is 11.3 Å². The Morgan fingerprint density at radius 1 is 1.21 bits per heavy atom. The van der Waals surface area contributed by atoms with Crippen molar-refractivity contribution >= 4 is 67.3 Å². The van der Waals surface area contributed by atoms with E-state index in [1.165, 1.54) is 6.21 Å². The molecule has 0 bridgehead atoms. The number of hydrogen-bond acceptors (Lipinski definition) is 7. The van der Waals surface area contributed by atoms with Crippen molar-refractivity contribution in [3.8, 4) is 11.5 Å². The lowest BCUT2D eigenvalue weighted by Crippen LogP contribution is -2.45. The predicted molar refractivity (Wildman–Crippen MR) is 156 cm³/mol. The van der Waals surface area contributed by atoms with Gasteiger partial charge in [0.2, 0.25) is 0 Å². The van der Waals surface area contributed by atoms with Crippen LogP contribution in [0.2, 0.25) is 0 Å². The molecule has 1 atom stereocenters. The largest absolute Gasteiger partial charge is 0.489 e. The van der Waals surface area contributed by atoms with Crippen molar-refractivity contribution in [1.29, 1.82) is 0 Å². The fraction of sp³-hybridized carbons (Fsp3) is 0.308. The van der Waals surface area contributed by atoms with Crippen LogP contribution >= 0.6 is 44.1 Å². The monoisotopic (exact) mass is 666 g/mol. The van der Waals surface area contributed by atoms with Gasteiger partial charge in [-0.3, -0.25) is 4.79 Å². The summed E-state index contributed by atoms with van der Waals surface area (Å²) in [4.78, 5) is 25.1. The Kier molecular flexibility index (Phi) is 10.7. The molecular formula is C26H28Br2N4O5S. The van der Waals surface area contributed by atoms with E-state index in [4.69, 9.17) is 26.4 Å². The minimum atomic E-state index is -0.611. The normalized spacial score (nSPS) is 15.2. The summed E-state index contributed by atoms with van der Waals surface area (Å²) in [6.07, 6.45) is 1.53. The minimum absolute atomic E-state index is 0.0190. The second kappa shape index (κ2) is 13.7. The van der Waals surface area contributed by atoms with Gasteiger partial charge in [0.1, 0.15) is 11.5 Å². The molecule has 0 unspecified atom stereocenters. The number of nitrogens with zero attached hydrogens (tertiary/aromatic N) is 1. The molecule has 0 spiro atoms. The number of esters is 1. The van der Waals surface area contributed by atoms with Crippen LogP contribution in [0, 0.1) is 0 Å². The number of rotatable bonds is 10. The number of ether oxygens (including phenoxy) is 3. The molecule has 0 saturated heterocycles. The maximum Gasteiger partial charge on any atom is 0.338 e. The van der Waals surface area contributed by atoms with Gasteiger partial charge in [-0.15, -0.1) is 0 Å². The molecule has 9 nitrogen and oxygen atoms in total. The number of nitrogens with one attached hydrogen (secondary N) is 3. The fourth-order valence-electron chi connectivity index (χ4n) is 3.61. The van der Waals surface area contributed by atoms with Gasteiger partial charge in [-0.25, -0.2) is 10.2 Å². The lowest BCUT2D eigenvalue weighted by molar-refractivity contribution is -0.139. The number of para-hydroxylation sites is 1. The minimum Gasteiger partial charge on any atom is -0.489 e. The number of hydrazone groups is 1. The van der Waals surface area contributed by atoms with E-state index in [9.17, 15) is 9.59 Å². The third-order valence-electron chi connectivity index (χ3n) is 5.13. The summed E-state index contributed by atoms with van der Waals surface area (Å²) >= 11 is 12.3. The lowest BCUT2D eigenvalue weighted by atomic mass is 9.95. The average Bonchev–Trinajstić information content (AvgIpc) is 2.84. The molecule has 2 aromatic carbocycles. The van der Waals surface area contributed by atoms with Gasteiger partial charge in [0.05, 0.1) is 39.5 Å². The zero-order chi connectivity index (χ0) is 27.8. The molecule has 38 heavy (non-hydrogen) atoms. The Morgan fingerprint density at radius 3 is 2.55 bits per heavy atom. The van der Waals surface area contributed by atoms with Crippen LogP contribution < -0.4 is 25.5 Å². The van der Waals surface area contributed by atoms with Crippen LogP contribution in [-0.2, 0) is 14.3 Å². The summed E-state index contributed by atoms with van der Waals surface area (Å²) in [5.41, 5.74) is 4.80. The first-order chi connectivity index (χ1) is 18.1. The molecule has 0 saturated carbocycles. The van der Waals surface area contributed by atoms with Crippen LogP contribution in [0.3, 0.4) is 0 Å². The molecule has 0 fully saturated rings. The maximum atomic E-state index is 12.7. The van der Waals surface area contributed by atoms with E-state index in [0.717, 1.165) is 14.5 Å². The molecule has 1 aliphatic heterocycles. The molecule has 0 aromatic heterocycles. The van der Waals surface area contributed by atoms with Crippen molar-refractivity contribution in [1.82, 2.24) is 16.1 Å². The van der Waals surface area contributed by atoms with Crippen LogP contribution in [0.5, 0.6) is 11.5 Å². The summed E-state index contributed by atoms with van der Waals surface area (Å²) in [5, 5.41) is 10.4. The van der Waals surface area contributed by atoms with Gasteiger partial charge in [0.25, 0.3) is 5.91 Å². The van der Waals surface area contributed by atoms with Crippen LogP contribution in [0.25, 0.3) is 0 Å². The highest BCUT2D eigenvalue weighted by molar-refractivity contribution is 9.11. The second-order valence-electron chi connectivity index (χ2n) is 8.39. The van der Waals surface area contributed by atoms with Crippen molar-refractivity contribution in [2.24, 2.45) is 5.10 Å². The Hall–Kier alpha value is -2.96. The molecule has 1 heterocycles. The third-order valence-corrected chi connectivity index (χ3v) is 6.53. The molecule has 0 aliphatic carbocycles. The zero-order valence-electron chi connectivity index (χ0n) is 21.3. The first-order valence-corrected chi connectivity index (χ1v) is 13.7. The van der Waals surface area contributed by atoms with Crippen LogP contribution in [-0.4, -0.2) is 42.5 Å². The second-order valence-corrected chi connectivity index (χ2v) is 10.5. The first-order valence-electron chi connectivity index (χ1n) is 11.7. The van der Waals surface area contributed by atoms with Crippen molar-refractivity contribution < 1.29 is 23.8 Å². The molecular weight excluding hydrogens is 640 g/mol. The number of carbonyl (C=O) groups excluding carboxylic acids is 2. The van der Waals surface area contributed by atoms with Crippen molar-refractivity contribution in [3.05, 3.63) is 67.7 Å². The van der Waals surface area contributed by atoms with Gasteiger partial charge in [0.15, 0.2) is 11.7 Å². The highest BCUT2D eigenvalue weighted by Crippen LogP contribution is 2.35. The summed E-state index contributed by atoms with van der Waals surface area (Å²) in [5.74, 6) is 0.173. The van der Waals surface area contributed by atoms with Gasteiger partial charge in [-0.05, 0) is 95.5 Å². The van der Waals surface area contributed by atoms with E-state index in [2.05, 4.69) is 53.0 Å².